The molecule has 0 N–H and O–H groups in total. The second kappa shape index (κ2) is 7.04. The van der Waals surface area contributed by atoms with Gasteiger partial charge in [-0.05, 0) is 36.1 Å². The molecule has 0 saturated heterocycles. The molecule has 0 aliphatic carbocycles. The molecule has 0 aliphatic rings. The van der Waals surface area contributed by atoms with Crippen LogP contribution in [0.5, 0.6) is 0 Å². The Bertz CT molecular complexity index is 694. The number of rotatable bonds is 6. The molecule has 0 spiro atoms. The van der Waals surface area contributed by atoms with E-state index in [2.05, 4.69) is 16.4 Å². The lowest BCUT2D eigenvalue weighted by molar-refractivity contribution is 0.0745. The van der Waals surface area contributed by atoms with Crippen LogP contribution >= 0.6 is 11.3 Å². The van der Waals surface area contributed by atoms with Gasteiger partial charge in [0.05, 0.1) is 12.5 Å². The zero-order valence-corrected chi connectivity index (χ0v) is 12.8. The number of carbonyl (C=O) groups is 1. The maximum absolute atomic E-state index is 12.7. The van der Waals surface area contributed by atoms with Crippen LogP contribution in [0.4, 0.5) is 0 Å². The van der Waals surface area contributed by atoms with Gasteiger partial charge in [0.15, 0.2) is 0 Å². The minimum Gasteiger partial charge on any atom is -0.472 e. The van der Waals surface area contributed by atoms with Gasteiger partial charge in [-0.15, -0.1) is 11.3 Å². The monoisotopic (exact) mass is 312 g/mol. The molecular weight excluding hydrogens is 296 g/mol. The van der Waals surface area contributed by atoms with Crippen molar-refractivity contribution in [1.82, 2.24) is 9.88 Å². The predicted molar refractivity (Wildman–Crippen MR) is 85.7 cm³/mol. The highest BCUT2D eigenvalue weighted by molar-refractivity contribution is 7.09. The lowest BCUT2D eigenvalue weighted by atomic mass is 10.2. The summed E-state index contributed by atoms with van der Waals surface area (Å²) in [5, 5.41) is 2.06. The van der Waals surface area contributed by atoms with Crippen molar-refractivity contribution in [2.45, 2.75) is 13.0 Å². The summed E-state index contributed by atoms with van der Waals surface area (Å²) in [7, 11) is 0. The molecule has 3 aromatic rings. The van der Waals surface area contributed by atoms with Crippen LogP contribution in [-0.4, -0.2) is 22.3 Å². The van der Waals surface area contributed by atoms with Crippen molar-refractivity contribution in [3.05, 3.63) is 76.6 Å². The molecule has 0 unspecified atom stereocenters. The quantitative estimate of drug-likeness (QED) is 0.698. The minimum atomic E-state index is 0.0140. The number of hydrogen-bond donors (Lipinski definition) is 0. The van der Waals surface area contributed by atoms with Crippen molar-refractivity contribution < 1.29 is 9.21 Å². The predicted octanol–water partition coefficient (Wildman–Crippen LogP) is 3.62. The standard InChI is InChI=1S/C17H16N2O2S/c20-17(15-3-7-18-8-4-15)19(12-14-6-10-21-13-14)9-5-16-2-1-11-22-16/h1-4,6-8,10-11,13H,5,9,12H2. The van der Waals surface area contributed by atoms with Crippen LogP contribution in [-0.2, 0) is 13.0 Å². The van der Waals surface area contributed by atoms with E-state index in [1.54, 1.807) is 48.4 Å². The highest BCUT2D eigenvalue weighted by Gasteiger charge is 2.16. The molecule has 1 amide bonds. The highest BCUT2D eigenvalue weighted by atomic mass is 32.1. The Hall–Kier alpha value is -2.40. The highest BCUT2D eigenvalue weighted by Crippen LogP contribution is 2.14. The molecule has 22 heavy (non-hydrogen) atoms. The van der Waals surface area contributed by atoms with Crippen LogP contribution in [0, 0.1) is 0 Å². The molecule has 0 bridgehead atoms. The summed E-state index contributed by atoms with van der Waals surface area (Å²) in [4.78, 5) is 19.8. The summed E-state index contributed by atoms with van der Waals surface area (Å²) >= 11 is 1.71. The lowest BCUT2D eigenvalue weighted by Gasteiger charge is -2.22. The first-order valence-electron chi connectivity index (χ1n) is 7.05. The topological polar surface area (TPSA) is 46.3 Å². The van der Waals surface area contributed by atoms with Gasteiger partial charge in [-0.25, -0.2) is 0 Å². The zero-order chi connectivity index (χ0) is 15.2. The van der Waals surface area contributed by atoms with Crippen LogP contribution in [0.2, 0.25) is 0 Å². The summed E-state index contributed by atoms with van der Waals surface area (Å²) in [5.74, 6) is 0.0140. The Kier molecular flexibility index (Phi) is 4.65. The third-order valence-electron chi connectivity index (χ3n) is 3.38. The van der Waals surface area contributed by atoms with Crippen LogP contribution in [0.3, 0.4) is 0 Å². The molecular formula is C17H16N2O2S. The fourth-order valence-electron chi connectivity index (χ4n) is 2.23. The molecule has 0 atom stereocenters. The third-order valence-corrected chi connectivity index (χ3v) is 4.31. The molecule has 3 rings (SSSR count). The molecule has 0 saturated carbocycles. The molecule has 112 valence electrons. The van der Waals surface area contributed by atoms with Gasteiger partial charge in [-0.1, -0.05) is 6.07 Å². The molecule has 3 aromatic heterocycles. The summed E-state index contributed by atoms with van der Waals surface area (Å²) < 4.78 is 5.11. The first kappa shape index (κ1) is 14.5. The number of hydrogen-bond acceptors (Lipinski definition) is 4. The maximum Gasteiger partial charge on any atom is 0.254 e. The van der Waals surface area contributed by atoms with Crippen molar-refractivity contribution in [2.24, 2.45) is 0 Å². The van der Waals surface area contributed by atoms with Gasteiger partial charge in [0.1, 0.15) is 0 Å². The summed E-state index contributed by atoms with van der Waals surface area (Å²) in [6.45, 7) is 1.22. The van der Waals surface area contributed by atoms with Crippen LogP contribution in [0.1, 0.15) is 20.8 Å². The molecule has 4 nitrogen and oxygen atoms in total. The summed E-state index contributed by atoms with van der Waals surface area (Å²) in [5.41, 5.74) is 1.65. The van der Waals surface area contributed by atoms with E-state index < -0.39 is 0 Å². The van der Waals surface area contributed by atoms with Gasteiger partial charge in [0, 0.05) is 41.5 Å². The number of nitrogens with zero attached hydrogens (tertiary/aromatic N) is 2. The van der Waals surface area contributed by atoms with E-state index in [0.717, 1.165) is 12.0 Å². The van der Waals surface area contributed by atoms with E-state index in [1.165, 1.54) is 4.88 Å². The van der Waals surface area contributed by atoms with Crippen molar-refractivity contribution in [3.8, 4) is 0 Å². The number of amides is 1. The van der Waals surface area contributed by atoms with Crippen LogP contribution < -0.4 is 0 Å². The second-order valence-electron chi connectivity index (χ2n) is 4.92. The molecule has 0 aromatic carbocycles. The fraction of sp³-hybridized carbons (Fsp3) is 0.176. The van der Waals surface area contributed by atoms with Crippen LogP contribution in [0.25, 0.3) is 0 Å². The molecule has 0 radical (unpaired) electrons. The smallest absolute Gasteiger partial charge is 0.254 e. The summed E-state index contributed by atoms with van der Waals surface area (Å²) in [6.07, 6.45) is 7.44. The van der Waals surface area contributed by atoms with Crippen molar-refractivity contribution in [3.63, 3.8) is 0 Å². The van der Waals surface area contributed by atoms with Gasteiger partial charge in [0.2, 0.25) is 0 Å². The Balaban J connectivity index is 1.74. The fourth-order valence-corrected chi connectivity index (χ4v) is 2.93. The van der Waals surface area contributed by atoms with Gasteiger partial charge in [0.25, 0.3) is 5.91 Å². The molecule has 5 heteroatoms. The number of thiophene rings is 1. The molecule has 0 fully saturated rings. The minimum absolute atomic E-state index is 0.0140. The van der Waals surface area contributed by atoms with E-state index in [0.29, 0.717) is 18.7 Å². The van der Waals surface area contributed by atoms with E-state index in [9.17, 15) is 4.79 Å². The largest absolute Gasteiger partial charge is 0.472 e. The lowest BCUT2D eigenvalue weighted by Crippen LogP contribution is -2.32. The van der Waals surface area contributed by atoms with Gasteiger partial charge >= 0.3 is 0 Å². The van der Waals surface area contributed by atoms with Gasteiger partial charge < -0.3 is 9.32 Å². The average Bonchev–Trinajstić information content (AvgIpc) is 3.25. The SMILES string of the molecule is O=C(c1ccncc1)N(CCc1cccs1)Cc1ccoc1. The Labute approximate surface area is 133 Å². The van der Waals surface area contributed by atoms with Gasteiger partial charge in [-0.2, -0.15) is 0 Å². The number of pyridine rings is 1. The second-order valence-corrected chi connectivity index (χ2v) is 5.96. The number of furan rings is 1. The van der Waals surface area contributed by atoms with E-state index in [4.69, 9.17) is 4.42 Å². The van der Waals surface area contributed by atoms with E-state index >= 15 is 0 Å². The summed E-state index contributed by atoms with van der Waals surface area (Å²) in [6, 6.07) is 9.51. The Morgan fingerprint density at radius 1 is 1.23 bits per heavy atom. The first-order valence-corrected chi connectivity index (χ1v) is 7.93. The van der Waals surface area contributed by atoms with Gasteiger partial charge in [-0.3, -0.25) is 9.78 Å². The average molecular weight is 312 g/mol. The van der Waals surface area contributed by atoms with Crippen molar-refractivity contribution in [1.29, 1.82) is 0 Å². The third kappa shape index (κ3) is 3.62. The van der Waals surface area contributed by atoms with Crippen molar-refractivity contribution in [2.75, 3.05) is 6.54 Å². The normalized spacial score (nSPS) is 10.5. The van der Waals surface area contributed by atoms with Crippen LogP contribution in [0.15, 0.2) is 65.0 Å². The van der Waals surface area contributed by atoms with Crippen molar-refractivity contribution >= 4 is 17.2 Å². The van der Waals surface area contributed by atoms with E-state index in [-0.39, 0.29) is 5.91 Å². The Morgan fingerprint density at radius 3 is 2.77 bits per heavy atom. The molecule has 3 heterocycles. The maximum atomic E-state index is 12.7. The number of carbonyl (C=O) groups excluding carboxylic acids is 1. The Morgan fingerprint density at radius 2 is 2.09 bits per heavy atom. The zero-order valence-electron chi connectivity index (χ0n) is 12.0. The first-order chi connectivity index (χ1) is 10.8. The number of aromatic nitrogens is 1. The molecule has 0 aliphatic heterocycles. The van der Waals surface area contributed by atoms with E-state index in [1.807, 2.05) is 17.0 Å².